The van der Waals surface area contributed by atoms with Gasteiger partial charge in [-0.2, -0.15) is 0 Å². The van der Waals surface area contributed by atoms with Crippen molar-refractivity contribution < 1.29 is 0 Å². The van der Waals surface area contributed by atoms with E-state index in [1.165, 1.54) is 32.1 Å². The van der Waals surface area contributed by atoms with Crippen molar-refractivity contribution in [1.29, 1.82) is 0 Å². The van der Waals surface area contributed by atoms with Gasteiger partial charge in [0.15, 0.2) is 0 Å². The summed E-state index contributed by atoms with van der Waals surface area (Å²) in [7, 11) is 4.37. The first kappa shape index (κ1) is 12.0. The van der Waals surface area contributed by atoms with Crippen LogP contribution >= 0.6 is 0 Å². The van der Waals surface area contributed by atoms with Crippen molar-refractivity contribution in [2.75, 3.05) is 12.4 Å². The second-order valence-corrected chi connectivity index (χ2v) is 6.03. The Bertz CT molecular complexity index is 411. The van der Waals surface area contributed by atoms with Gasteiger partial charge in [-0.25, -0.2) is 4.98 Å². The molecule has 3 rings (SSSR count). The summed E-state index contributed by atoms with van der Waals surface area (Å²) in [5.41, 5.74) is 1.09. The number of nitrogens with zero attached hydrogens (tertiary/aromatic N) is 3. The zero-order valence-corrected chi connectivity index (χ0v) is 11.7. The second-order valence-electron chi connectivity index (χ2n) is 6.03. The molecule has 0 saturated carbocycles. The molecular weight excluding hydrogens is 224 g/mol. The number of hydrogen-bond acceptors (Lipinski definition) is 3. The standard InChI is InChI=1S/C14H24N4/c1-10-9-17(2)14(15-10)16-11-7-12-5-4-6-13(8-11)18(12)3/h9,11-13H,4-8H2,1-3H3,(H,15,16). The Morgan fingerprint density at radius 2 is 1.89 bits per heavy atom. The third kappa shape index (κ3) is 2.14. The van der Waals surface area contributed by atoms with Crippen LogP contribution in [0.25, 0.3) is 0 Å². The summed E-state index contributed by atoms with van der Waals surface area (Å²) in [6, 6.07) is 2.14. The first-order chi connectivity index (χ1) is 8.63. The Labute approximate surface area is 109 Å². The van der Waals surface area contributed by atoms with Crippen LogP contribution in [0, 0.1) is 6.92 Å². The van der Waals surface area contributed by atoms with E-state index in [0.717, 1.165) is 23.7 Å². The van der Waals surface area contributed by atoms with E-state index in [1.54, 1.807) is 0 Å². The van der Waals surface area contributed by atoms with Gasteiger partial charge >= 0.3 is 0 Å². The molecule has 2 atom stereocenters. The number of aromatic nitrogens is 2. The highest BCUT2D eigenvalue weighted by Crippen LogP contribution is 2.33. The SMILES string of the molecule is Cc1cn(C)c(NC2CC3CCCC(C2)N3C)n1. The molecule has 0 spiro atoms. The molecule has 0 aliphatic carbocycles. The summed E-state index contributed by atoms with van der Waals surface area (Å²) >= 11 is 0. The zero-order valence-electron chi connectivity index (χ0n) is 11.7. The van der Waals surface area contributed by atoms with Gasteiger partial charge < -0.3 is 14.8 Å². The Kier molecular flexibility index (Phi) is 3.06. The molecule has 2 aliphatic rings. The number of fused-ring (bicyclic) bond motifs is 2. The van der Waals surface area contributed by atoms with Gasteiger partial charge in [0.1, 0.15) is 0 Å². The normalized spacial score (nSPS) is 32.5. The van der Waals surface area contributed by atoms with Gasteiger partial charge in [0.05, 0.1) is 5.69 Å². The maximum atomic E-state index is 4.56. The largest absolute Gasteiger partial charge is 0.353 e. The Morgan fingerprint density at radius 3 is 2.44 bits per heavy atom. The lowest BCUT2D eigenvalue weighted by atomic mass is 9.82. The van der Waals surface area contributed by atoms with Crippen LogP contribution in [0.4, 0.5) is 5.95 Å². The number of imidazole rings is 1. The molecule has 4 heteroatoms. The molecule has 1 N–H and O–H groups in total. The minimum absolute atomic E-state index is 0.594. The van der Waals surface area contributed by atoms with E-state index in [0.29, 0.717) is 6.04 Å². The molecule has 100 valence electrons. The van der Waals surface area contributed by atoms with E-state index in [2.05, 4.69) is 47.0 Å². The quantitative estimate of drug-likeness (QED) is 0.870. The first-order valence-electron chi connectivity index (χ1n) is 7.12. The molecule has 1 aromatic rings. The van der Waals surface area contributed by atoms with Crippen molar-refractivity contribution in [2.24, 2.45) is 7.05 Å². The van der Waals surface area contributed by atoms with Crippen molar-refractivity contribution >= 4 is 5.95 Å². The monoisotopic (exact) mass is 248 g/mol. The van der Waals surface area contributed by atoms with E-state index in [-0.39, 0.29) is 0 Å². The third-order valence-electron chi connectivity index (χ3n) is 4.67. The fourth-order valence-electron chi connectivity index (χ4n) is 3.67. The van der Waals surface area contributed by atoms with Gasteiger partial charge in [-0.1, -0.05) is 6.42 Å². The summed E-state index contributed by atoms with van der Waals surface area (Å²) in [6.45, 7) is 2.05. The maximum Gasteiger partial charge on any atom is 0.202 e. The lowest BCUT2D eigenvalue weighted by molar-refractivity contribution is 0.0606. The predicted octanol–water partition coefficient (Wildman–Crippen LogP) is 2.16. The van der Waals surface area contributed by atoms with Crippen LogP contribution in [0.2, 0.25) is 0 Å². The average molecular weight is 248 g/mol. The highest BCUT2D eigenvalue weighted by molar-refractivity contribution is 5.30. The summed E-state index contributed by atoms with van der Waals surface area (Å²) in [4.78, 5) is 7.16. The molecular formula is C14H24N4. The Hall–Kier alpha value is -1.03. The van der Waals surface area contributed by atoms with Crippen LogP contribution in [0.5, 0.6) is 0 Å². The molecule has 2 aliphatic heterocycles. The van der Waals surface area contributed by atoms with Crippen molar-refractivity contribution in [3.63, 3.8) is 0 Å². The van der Waals surface area contributed by atoms with Gasteiger partial charge in [-0.3, -0.25) is 0 Å². The molecule has 3 heterocycles. The highest BCUT2D eigenvalue weighted by Gasteiger charge is 2.36. The number of anilines is 1. The molecule has 2 fully saturated rings. The van der Waals surface area contributed by atoms with Crippen LogP contribution < -0.4 is 5.32 Å². The molecule has 1 aromatic heterocycles. The molecule has 0 aromatic carbocycles. The van der Waals surface area contributed by atoms with Gasteiger partial charge in [-0.15, -0.1) is 0 Å². The minimum atomic E-state index is 0.594. The fraction of sp³-hybridized carbons (Fsp3) is 0.786. The topological polar surface area (TPSA) is 33.1 Å². The molecule has 0 amide bonds. The fourth-order valence-corrected chi connectivity index (χ4v) is 3.67. The molecule has 0 radical (unpaired) electrons. The summed E-state index contributed by atoms with van der Waals surface area (Å²) in [6.07, 6.45) is 8.75. The third-order valence-corrected chi connectivity index (χ3v) is 4.67. The van der Waals surface area contributed by atoms with Crippen molar-refractivity contribution in [3.05, 3.63) is 11.9 Å². The van der Waals surface area contributed by atoms with E-state index in [4.69, 9.17) is 0 Å². The van der Waals surface area contributed by atoms with Crippen LogP contribution in [0.3, 0.4) is 0 Å². The molecule has 18 heavy (non-hydrogen) atoms. The van der Waals surface area contributed by atoms with E-state index in [1.807, 2.05) is 0 Å². The second kappa shape index (κ2) is 4.57. The van der Waals surface area contributed by atoms with Gasteiger partial charge in [0, 0.05) is 31.4 Å². The van der Waals surface area contributed by atoms with E-state index in [9.17, 15) is 0 Å². The number of nitrogens with one attached hydrogen (secondary N) is 1. The summed E-state index contributed by atoms with van der Waals surface area (Å²) in [5, 5.41) is 3.64. The number of hydrogen-bond donors (Lipinski definition) is 1. The average Bonchev–Trinajstić information content (AvgIpc) is 2.59. The van der Waals surface area contributed by atoms with Crippen LogP contribution in [-0.4, -0.2) is 39.6 Å². The Morgan fingerprint density at radius 1 is 1.22 bits per heavy atom. The van der Waals surface area contributed by atoms with Crippen molar-refractivity contribution in [3.8, 4) is 0 Å². The van der Waals surface area contributed by atoms with Crippen molar-refractivity contribution in [1.82, 2.24) is 14.5 Å². The van der Waals surface area contributed by atoms with Crippen LogP contribution in [-0.2, 0) is 7.05 Å². The zero-order chi connectivity index (χ0) is 12.7. The van der Waals surface area contributed by atoms with Crippen LogP contribution in [0.15, 0.2) is 6.20 Å². The maximum absolute atomic E-state index is 4.56. The molecule has 2 bridgehead atoms. The predicted molar refractivity (Wildman–Crippen MR) is 73.8 cm³/mol. The number of piperidine rings is 2. The van der Waals surface area contributed by atoms with E-state index < -0.39 is 0 Å². The van der Waals surface area contributed by atoms with Crippen molar-refractivity contribution in [2.45, 2.75) is 57.2 Å². The van der Waals surface area contributed by atoms with Crippen LogP contribution in [0.1, 0.15) is 37.8 Å². The minimum Gasteiger partial charge on any atom is -0.353 e. The van der Waals surface area contributed by atoms with Gasteiger partial charge in [0.2, 0.25) is 5.95 Å². The van der Waals surface area contributed by atoms with E-state index >= 15 is 0 Å². The molecule has 2 unspecified atom stereocenters. The van der Waals surface area contributed by atoms with Gasteiger partial charge in [0.25, 0.3) is 0 Å². The Balaban J connectivity index is 1.69. The molecule has 2 saturated heterocycles. The summed E-state index contributed by atoms with van der Waals surface area (Å²) < 4.78 is 2.10. The summed E-state index contributed by atoms with van der Waals surface area (Å²) in [5.74, 6) is 1.03. The van der Waals surface area contributed by atoms with Gasteiger partial charge in [-0.05, 0) is 39.7 Å². The molecule has 4 nitrogen and oxygen atoms in total. The lowest BCUT2D eigenvalue weighted by Gasteiger charge is -2.47. The first-order valence-corrected chi connectivity index (χ1v) is 7.12. The lowest BCUT2D eigenvalue weighted by Crippen LogP contribution is -2.53. The number of aryl methyl sites for hydroxylation is 2. The smallest absolute Gasteiger partial charge is 0.202 e. The number of rotatable bonds is 2. The highest BCUT2D eigenvalue weighted by atomic mass is 15.2.